The number of hydrogen-bond donors (Lipinski definition) is 6. The number of aliphatic hydroxyl groups is 3. The summed E-state index contributed by atoms with van der Waals surface area (Å²) in [6.07, 6.45) is -12.5. The van der Waals surface area contributed by atoms with Crippen molar-refractivity contribution in [3.05, 3.63) is 119 Å². The quantitative estimate of drug-likeness (QED) is 0.0470. The maximum atomic E-state index is 15.3. The number of fused-ring (bicyclic) bond motifs is 5. The van der Waals surface area contributed by atoms with Crippen molar-refractivity contribution in [1.82, 2.24) is 5.32 Å². The summed E-state index contributed by atoms with van der Waals surface area (Å²) in [6.45, 7) is 4.26. The summed E-state index contributed by atoms with van der Waals surface area (Å²) < 4.78 is 50.7. The first-order chi connectivity index (χ1) is 31.1. The Labute approximate surface area is 379 Å². The molecule has 2 saturated carbocycles. The molecule has 7 rings (SSSR count). The summed E-state index contributed by atoms with van der Waals surface area (Å²) >= 11 is 0. The van der Waals surface area contributed by atoms with Crippen LogP contribution in [0.1, 0.15) is 72.9 Å². The fraction of sp³-hybridized carbons (Fsp3) is 0.457. The first kappa shape index (κ1) is 48.6. The van der Waals surface area contributed by atoms with Crippen LogP contribution in [0.15, 0.2) is 102 Å². The fourth-order valence-corrected chi connectivity index (χ4v) is 10.4. The number of phosphoric ester groups is 1. The zero-order chi connectivity index (χ0) is 48.0. The molecule has 3 fully saturated rings. The van der Waals surface area contributed by atoms with E-state index in [9.17, 15) is 48.8 Å². The number of carbonyl (C=O) groups excluding carboxylic acids is 5. The molecule has 3 aromatic rings. The molecule has 4 aliphatic rings. The molecule has 1 aliphatic heterocycles. The topological polar surface area (TPSA) is 280 Å². The molecule has 1 saturated heterocycles. The average molecular weight is 938 g/mol. The average Bonchev–Trinajstić information content (AvgIpc) is 3.28. The molecule has 20 heteroatoms. The van der Waals surface area contributed by atoms with E-state index in [0.29, 0.717) is 5.56 Å². The van der Waals surface area contributed by atoms with E-state index in [1.807, 2.05) is 0 Å². The van der Waals surface area contributed by atoms with Gasteiger partial charge in [0.15, 0.2) is 12.6 Å². The lowest BCUT2D eigenvalue weighted by molar-refractivity contribution is -0.349. The smallest absolute Gasteiger partial charge is 0.455 e. The first-order valence-corrected chi connectivity index (χ1v) is 22.5. The molecule has 1 heterocycles. The predicted octanol–water partition coefficient (Wildman–Crippen LogP) is 3.48. The van der Waals surface area contributed by atoms with Crippen LogP contribution in [0.2, 0.25) is 0 Å². The highest BCUT2D eigenvalue weighted by Crippen LogP contribution is 2.64. The van der Waals surface area contributed by atoms with Crippen LogP contribution in [0.25, 0.3) is 0 Å². The van der Waals surface area contributed by atoms with Gasteiger partial charge in [-0.3, -0.25) is 14.1 Å². The highest BCUT2D eigenvalue weighted by atomic mass is 31.2. The Morgan fingerprint density at radius 1 is 0.894 bits per heavy atom. The van der Waals surface area contributed by atoms with Gasteiger partial charge in [0.1, 0.15) is 35.6 Å². The van der Waals surface area contributed by atoms with Gasteiger partial charge < -0.3 is 58.8 Å². The summed E-state index contributed by atoms with van der Waals surface area (Å²) in [5.74, 6) is -5.63. The Morgan fingerprint density at radius 3 is 2.05 bits per heavy atom. The van der Waals surface area contributed by atoms with Crippen LogP contribution in [0.4, 0.5) is 4.79 Å². The van der Waals surface area contributed by atoms with E-state index in [-0.39, 0.29) is 28.7 Å². The van der Waals surface area contributed by atoms with Crippen LogP contribution in [0.5, 0.6) is 0 Å². The zero-order valence-electron chi connectivity index (χ0n) is 36.6. The van der Waals surface area contributed by atoms with Gasteiger partial charge in [0.2, 0.25) is 6.10 Å². The summed E-state index contributed by atoms with van der Waals surface area (Å²) in [5.41, 5.74) is -8.01. The highest BCUT2D eigenvalue weighted by molar-refractivity contribution is 7.46. The molecule has 0 aromatic heterocycles. The number of Topliss-reactive ketones (excluding diaryl/α,β-unsaturated/α-hetero) is 1. The van der Waals surface area contributed by atoms with E-state index >= 15 is 4.79 Å². The molecule has 19 nitrogen and oxygen atoms in total. The SMILES string of the molecule is COC(=O)OC(C(=O)OC1CC2(O)C(OC(=O)c3ccccc3)C3C4(O)COC4CC(OCOP(=O)(O)O)[C@@]3(C)C(=O)C(O)C(=C1C)C2(C)C)C(NC(=O)c1ccccc1)c1ccccc1. The Morgan fingerprint density at radius 2 is 1.48 bits per heavy atom. The molecular weight excluding hydrogens is 885 g/mol. The van der Waals surface area contributed by atoms with Crippen molar-refractivity contribution in [2.75, 3.05) is 20.5 Å². The van der Waals surface area contributed by atoms with Crippen molar-refractivity contribution < 1.29 is 86.6 Å². The molecule has 0 radical (unpaired) electrons. The molecule has 1 amide bonds. The number of methoxy groups -OCH3 is 1. The maximum Gasteiger partial charge on any atom is 0.508 e. The molecule has 10 unspecified atom stereocenters. The van der Waals surface area contributed by atoms with Crippen molar-refractivity contribution in [1.29, 1.82) is 0 Å². The van der Waals surface area contributed by atoms with Crippen molar-refractivity contribution >= 4 is 37.6 Å². The minimum Gasteiger partial charge on any atom is -0.455 e. The Bertz CT molecular complexity index is 2410. The molecule has 354 valence electrons. The molecule has 0 spiro atoms. The Balaban J connectivity index is 1.37. The third-order valence-electron chi connectivity index (χ3n) is 13.7. The number of hydrogen-bond acceptors (Lipinski definition) is 16. The van der Waals surface area contributed by atoms with E-state index in [1.54, 1.807) is 66.7 Å². The van der Waals surface area contributed by atoms with E-state index in [1.165, 1.54) is 52.0 Å². The molecule has 3 aliphatic carbocycles. The lowest BCUT2D eigenvalue weighted by Crippen LogP contribution is -2.81. The van der Waals surface area contributed by atoms with Gasteiger partial charge in [0.25, 0.3) is 5.91 Å². The lowest BCUT2D eigenvalue weighted by atomic mass is 9.44. The van der Waals surface area contributed by atoms with Crippen LogP contribution < -0.4 is 5.32 Å². The number of rotatable bonds is 13. The van der Waals surface area contributed by atoms with Crippen molar-refractivity contribution in [2.45, 2.75) is 94.4 Å². The summed E-state index contributed by atoms with van der Waals surface area (Å²) in [6, 6.07) is 22.3. The van der Waals surface area contributed by atoms with E-state index in [0.717, 1.165) is 7.11 Å². The van der Waals surface area contributed by atoms with Gasteiger partial charge in [0.05, 0.1) is 36.9 Å². The first-order valence-electron chi connectivity index (χ1n) is 21.0. The molecule has 3 aromatic carbocycles. The van der Waals surface area contributed by atoms with Gasteiger partial charge >= 0.3 is 25.9 Å². The van der Waals surface area contributed by atoms with Crippen LogP contribution in [-0.4, -0.2) is 123 Å². The molecule has 2 bridgehead atoms. The summed E-state index contributed by atoms with van der Waals surface area (Å²) in [7, 11) is -4.11. The number of ether oxygens (including phenoxy) is 6. The monoisotopic (exact) mass is 937 g/mol. The number of aliphatic hydroxyl groups excluding tert-OH is 1. The van der Waals surface area contributed by atoms with E-state index in [2.05, 4.69) is 9.84 Å². The van der Waals surface area contributed by atoms with Gasteiger partial charge in [-0.1, -0.05) is 80.6 Å². The third kappa shape index (κ3) is 8.71. The number of ketones is 1. The summed E-state index contributed by atoms with van der Waals surface area (Å²) in [5, 5.41) is 41.4. The minimum atomic E-state index is -5.11. The molecule has 11 atom stereocenters. The van der Waals surface area contributed by atoms with Gasteiger partial charge in [-0.2, -0.15) is 0 Å². The van der Waals surface area contributed by atoms with Crippen LogP contribution >= 0.6 is 7.82 Å². The van der Waals surface area contributed by atoms with Crippen molar-refractivity contribution in [3.63, 3.8) is 0 Å². The van der Waals surface area contributed by atoms with E-state index < -0.39 is 128 Å². The molecule has 6 N–H and O–H groups in total. The Kier molecular flexibility index (Phi) is 13.5. The highest BCUT2D eigenvalue weighted by Gasteiger charge is 2.76. The van der Waals surface area contributed by atoms with Crippen LogP contribution in [0.3, 0.4) is 0 Å². The van der Waals surface area contributed by atoms with Gasteiger partial charge in [-0.05, 0) is 54.8 Å². The van der Waals surface area contributed by atoms with E-state index in [4.69, 9.17) is 28.4 Å². The second-order valence-electron chi connectivity index (χ2n) is 17.6. The number of phosphoric acid groups is 1. The van der Waals surface area contributed by atoms with Gasteiger partial charge in [0, 0.05) is 29.7 Å². The van der Waals surface area contributed by atoms with Crippen LogP contribution in [-0.2, 0) is 47.1 Å². The second-order valence-corrected chi connectivity index (χ2v) is 18.9. The standard InChI is InChI=1S/C46H52NO18P/c1-25-29(63-41(52)35(64-42(53)59-5)33(26-15-9-6-10-16-26)47-39(50)27-17-11-7-12-18-27)22-46(55)38(65-40(51)28-19-13-8-14-20-28)36-44(4,37(49)34(48)32(25)43(46,2)3)30(61-24-62-66(56,57)58)21-31-45(36,54)23-60-31/h6-20,29-31,33-36,38,48,54-55H,21-24H2,1-5H3,(H,47,50)(H2,56,57,58)/t29?,30?,31?,33?,34?,35?,36?,38?,44-,45?,46?/m1/s1. The normalized spacial score (nSPS) is 31.0. The number of esters is 2. The van der Waals surface area contributed by atoms with Crippen molar-refractivity contribution in [2.24, 2.45) is 16.7 Å². The largest absolute Gasteiger partial charge is 0.508 e. The van der Waals surface area contributed by atoms with Crippen LogP contribution in [0, 0.1) is 16.7 Å². The fourth-order valence-electron chi connectivity index (χ4n) is 10.2. The van der Waals surface area contributed by atoms with Crippen molar-refractivity contribution in [3.8, 4) is 0 Å². The van der Waals surface area contributed by atoms with Gasteiger partial charge in [-0.15, -0.1) is 0 Å². The second kappa shape index (κ2) is 18.4. The third-order valence-corrected chi connectivity index (χ3v) is 14.2. The summed E-state index contributed by atoms with van der Waals surface area (Å²) in [4.78, 5) is 89.7. The number of amides is 1. The van der Waals surface area contributed by atoms with Gasteiger partial charge in [-0.25, -0.2) is 18.9 Å². The predicted molar refractivity (Wildman–Crippen MR) is 227 cm³/mol. The Hall–Kier alpha value is -5.34. The number of carbonyl (C=O) groups is 5. The maximum absolute atomic E-state index is 15.3. The lowest BCUT2D eigenvalue weighted by Gasteiger charge is -2.67. The molecule has 66 heavy (non-hydrogen) atoms. The number of nitrogens with one attached hydrogen (secondary N) is 1. The zero-order valence-corrected chi connectivity index (χ0v) is 37.5. The minimum absolute atomic E-state index is 0.0131. The number of benzene rings is 3. The molecular formula is C46H52NO18P.